The first-order valence-corrected chi connectivity index (χ1v) is 8.14. The fraction of sp³-hybridized carbons (Fsp3) is 0.500. The van der Waals surface area contributed by atoms with Gasteiger partial charge in [0.2, 0.25) is 5.91 Å². The van der Waals surface area contributed by atoms with Gasteiger partial charge >= 0.3 is 0 Å². The molecule has 1 aliphatic rings. The SMILES string of the molecule is Cc1ncc2c(n1)CCCC2NC(=O)Cn1nc(C)c(Cl)c1C. The lowest BCUT2D eigenvalue weighted by Crippen LogP contribution is -2.34. The van der Waals surface area contributed by atoms with Gasteiger partial charge in [-0.05, 0) is 40.0 Å². The zero-order valence-electron chi connectivity index (χ0n) is 13.6. The Balaban J connectivity index is 1.73. The molecule has 1 N–H and O–H groups in total. The lowest BCUT2D eigenvalue weighted by Gasteiger charge is -2.25. The molecule has 0 saturated carbocycles. The van der Waals surface area contributed by atoms with Crippen LogP contribution in [0.15, 0.2) is 6.20 Å². The van der Waals surface area contributed by atoms with Gasteiger partial charge in [-0.25, -0.2) is 9.97 Å². The number of fused-ring (bicyclic) bond motifs is 1. The Labute approximate surface area is 140 Å². The third-order valence-corrected chi connectivity index (χ3v) is 4.77. The number of rotatable bonds is 3. The molecule has 1 unspecified atom stereocenters. The molecule has 0 fully saturated rings. The van der Waals surface area contributed by atoms with E-state index in [0.29, 0.717) is 5.02 Å². The van der Waals surface area contributed by atoms with Crippen LogP contribution in [-0.2, 0) is 17.8 Å². The number of halogens is 1. The van der Waals surface area contributed by atoms with Crippen LogP contribution < -0.4 is 5.32 Å². The summed E-state index contributed by atoms with van der Waals surface area (Å²) in [5.41, 5.74) is 3.62. The summed E-state index contributed by atoms with van der Waals surface area (Å²) in [6.45, 7) is 5.75. The molecule has 0 aromatic carbocycles. The Kier molecular flexibility index (Phi) is 4.35. The first-order valence-electron chi connectivity index (χ1n) is 7.77. The Morgan fingerprint density at radius 1 is 1.43 bits per heavy atom. The second-order valence-corrected chi connectivity index (χ2v) is 6.35. The van der Waals surface area contributed by atoms with Crippen LogP contribution in [0.25, 0.3) is 0 Å². The Bertz CT molecular complexity index is 755. The molecular weight excluding hydrogens is 314 g/mol. The molecule has 1 atom stereocenters. The van der Waals surface area contributed by atoms with Crippen LogP contribution in [0.5, 0.6) is 0 Å². The summed E-state index contributed by atoms with van der Waals surface area (Å²) in [6.07, 6.45) is 4.70. The molecule has 0 bridgehead atoms. The quantitative estimate of drug-likeness (QED) is 0.936. The first kappa shape index (κ1) is 15.9. The topological polar surface area (TPSA) is 72.7 Å². The molecule has 2 heterocycles. The van der Waals surface area contributed by atoms with Crippen LogP contribution in [0.3, 0.4) is 0 Å². The second-order valence-electron chi connectivity index (χ2n) is 5.97. The van der Waals surface area contributed by atoms with Crippen LogP contribution >= 0.6 is 11.6 Å². The van der Waals surface area contributed by atoms with Crippen molar-refractivity contribution < 1.29 is 4.79 Å². The highest BCUT2D eigenvalue weighted by molar-refractivity contribution is 6.31. The number of hydrogen-bond donors (Lipinski definition) is 1. The van der Waals surface area contributed by atoms with Crippen LogP contribution in [0.2, 0.25) is 5.02 Å². The molecule has 0 radical (unpaired) electrons. The average molecular weight is 334 g/mol. The predicted molar refractivity (Wildman–Crippen MR) is 87.3 cm³/mol. The minimum absolute atomic E-state index is 0.0284. The van der Waals surface area contributed by atoms with Gasteiger partial charge in [-0.1, -0.05) is 11.6 Å². The molecule has 0 spiro atoms. The van der Waals surface area contributed by atoms with Crippen molar-refractivity contribution >= 4 is 17.5 Å². The number of carbonyl (C=O) groups excluding carboxylic acids is 1. The minimum atomic E-state index is -0.0781. The maximum atomic E-state index is 12.4. The summed E-state index contributed by atoms with van der Waals surface area (Å²) in [5.74, 6) is 0.693. The van der Waals surface area contributed by atoms with Crippen LogP contribution in [0, 0.1) is 20.8 Å². The number of carbonyl (C=O) groups is 1. The molecule has 1 aliphatic carbocycles. The Morgan fingerprint density at radius 2 is 2.22 bits per heavy atom. The van der Waals surface area contributed by atoms with E-state index < -0.39 is 0 Å². The summed E-state index contributed by atoms with van der Waals surface area (Å²) >= 11 is 6.12. The van der Waals surface area contributed by atoms with Crippen molar-refractivity contribution in [2.45, 2.75) is 52.6 Å². The standard InChI is InChI=1S/C16H20ClN5O/c1-9-16(17)10(2)22(21-9)8-15(23)20-14-6-4-5-13-12(14)7-18-11(3)19-13/h7,14H,4-6,8H2,1-3H3,(H,20,23). The van der Waals surface area contributed by atoms with Crippen molar-refractivity contribution in [1.82, 2.24) is 25.1 Å². The van der Waals surface area contributed by atoms with Crippen molar-refractivity contribution in [3.8, 4) is 0 Å². The Morgan fingerprint density at radius 3 is 2.91 bits per heavy atom. The number of nitrogens with one attached hydrogen (secondary N) is 1. The smallest absolute Gasteiger partial charge is 0.242 e. The van der Waals surface area contributed by atoms with Gasteiger partial charge in [0.25, 0.3) is 0 Å². The summed E-state index contributed by atoms with van der Waals surface area (Å²) in [6, 6.07) is -0.0284. The normalized spacial score (nSPS) is 17.0. The van der Waals surface area contributed by atoms with Crippen molar-refractivity contribution in [1.29, 1.82) is 0 Å². The van der Waals surface area contributed by atoms with E-state index in [0.717, 1.165) is 47.7 Å². The van der Waals surface area contributed by atoms with Gasteiger partial charge in [0.1, 0.15) is 12.4 Å². The highest BCUT2D eigenvalue weighted by Gasteiger charge is 2.24. The molecular formula is C16H20ClN5O. The van der Waals surface area contributed by atoms with E-state index in [1.54, 1.807) is 4.68 Å². The average Bonchev–Trinajstić information content (AvgIpc) is 2.74. The van der Waals surface area contributed by atoms with E-state index in [2.05, 4.69) is 20.4 Å². The number of hydrogen-bond acceptors (Lipinski definition) is 4. The number of aromatic nitrogens is 4. The van der Waals surface area contributed by atoms with Crippen LogP contribution in [0.4, 0.5) is 0 Å². The predicted octanol–water partition coefficient (Wildman–Crippen LogP) is 2.45. The highest BCUT2D eigenvalue weighted by atomic mass is 35.5. The fourth-order valence-electron chi connectivity index (χ4n) is 3.00. The van der Waals surface area contributed by atoms with Gasteiger partial charge in [-0.2, -0.15) is 5.10 Å². The minimum Gasteiger partial charge on any atom is -0.348 e. The molecule has 7 heteroatoms. The van der Waals surface area contributed by atoms with E-state index in [1.165, 1.54) is 0 Å². The Hall–Kier alpha value is -1.95. The molecule has 2 aromatic rings. The van der Waals surface area contributed by atoms with E-state index in [4.69, 9.17) is 11.6 Å². The summed E-state index contributed by atoms with van der Waals surface area (Å²) in [5, 5.41) is 7.99. The van der Waals surface area contributed by atoms with Crippen molar-refractivity contribution in [3.63, 3.8) is 0 Å². The van der Waals surface area contributed by atoms with Gasteiger partial charge in [0.15, 0.2) is 0 Å². The maximum Gasteiger partial charge on any atom is 0.242 e. The highest BCUT2D eigenvalue weighted by Crippen LogP contribution is 2.28. The van der Waals surface area contributed by atoms with E-state index in [9.17, 15) is 4.79 Å². The first-order chi connectivity index (χ1) is 11.0. The number of amides is 1. The van der Waals surface area contributed by atoms with Gasteiger partial charge in [-0.3, -0.25) is 9.48 Å². The molecule has 0 aliphatic heterocycles. The van der Waals surface area contributed by atoms with E-state index in [-0.39, 0.29) is 18.5 Å². The lowest BCUT2D eigenvalue weighted by atomic mass is 9.92. The van der Waals surface area contributed by atoms with Crippen molar-refractivity contribution in [2.24, 2.45) is 0 Å². The van der Waals surface area contributed by atoms with Crippen molar-refractivity contribution in [2.75, 3.05) is 0 Å². The molecule has 6 nitrogen and oxygen atoms in total. The largest absolute Gasteiger partial charge is 0.348 e. The zero-order chi connectivity index (χ0) is 16.6. The zero-order valence-corrected chi connectivity index (χ0v) is 14.3. The molecule has 122 valence electrons. The molecule has 1 amide bonds. The van der Waals surface area contributed by atoms with Crippen LogP contribution in [-0.4, -0.2) is 25.7 Å². The fourth-order valence-corrected chi connectivity index (χ4v) is 3.14. The van der Waals surface area contributed by atoms with Gasteiger partial charge < -0.3 is 5.32 Å². The van der Waals surface area contributed by atoms with Gasteiger partial charge in [0.05, 0.1) is 22.5 Å². The summed E-state index contributed by atoms with van der Waals surface area (Å²) in [7, 11) is 0. The van der Waals surface area contributed by atoms with Gasteiger partial charge in [0, 0.05) is 17.5 Å². The third kappa shape index (κ3) is 3.22. The number of aryl methyl sites for hydroxylation is 3. The monoisotopic (exact) mass is 333 g/mol. The second kappa shape index (κ2) is 6.28. The number of nitrogens with zero attached hydrogens (tertiary/aromatic N) is 4. The maximum absolute atomic E-state index is 12.4. The summed E-state index contributed by atoms with van der Waals surface area (Å²) in [4.78, 5) is 21.1. The molecule has 23 heavy (non-hydrogen) atoms. The lowest BCUT2D eigenvalue weighted by molar-refractivity contribution is -0.122. The van der Waals surface area contributed by atoms with E-state index >= 15 is 0 Å². The molecule has 3 rings (SSSR count). The third-order valence-electron chi connectivity index (χ3n) is 4.22. The van der Waals surface area contributed by atoms with Gasteiger partial charge in [-0.15, -0.1) is 0 Å². The van der Waals surface area contributed by atoms with Crippen molar-refractivity contribution in [3.05, 3.63) is 39.7 Å². The summed E-state index contributed by atoms with van der Waals surface area (Å²) < 4.78 is 1.64. The van der Waals surface area contributed by atoms with Crippen LogP contribution in [0.1, 0.15) is 47.4 Å². The molecule has 0 saturated heterocycles. The van der Waals surface area contributed by atoms with E-state index in [1.807, 2.05) is 27.0 Å². The molecule has 2 aromatic heterocycles.